The summed E-state index contributed by atoms with van der Waals surface area (Å²) in [6.07, 6.45) is 3.23. The summed E-state index contributed by atoms with van der Waals surface area (Å²) in [5, 5.41) is 6.71. The van der Waals surface area contributed by atoms with Crippen LogP contribution in [0.25, 0.3) is 10.9 Å². The van der Waals surface area contributed by atoms with Gasteiger partial charge in [0.2, 0.25) is 0 Å². The first-order valence-corrected chi connectivity index (χ1v) is 9.21. The van der Waals surface area contributed by atoms with Crippen LogP contribution in [0.15, 0.2) is 73.1 Å². The topological polar surface area (TPSA) is 76.0 Å². The molecule has 0 saturated heterocycles. The third-order valence-electron chi connectivity index (χ3n) is 4.84. The molecule has 0 unspecified atom stereocenters. The molecule has 0 aliphatic carbocycles. The minimum Gasteiger partial charge on any atom is -0.340 e. The number of hydrogen-bond donors (Lipinski definition) is 2. The molecule has 0 saturated carbocycles. The normalized spacial score (nSPS) is 10.7. The smallest absolute Gasteiger partial charge is 0.272 e. The number of hydrogen-bond acceptors (Lipinski definition) is 3. The van der Waals surface area contributed by atoms with Gasteiger partial charge < -0.3 is 15.2 Å². The number of nitrogens with one attached hydrogen (secondary N) is 2. The van der Waals surface area contributed by atoms with E-state index in [9.17, 15) is 9.59 Å². The number of pyridine rings is 1. The second-order valence-corrected chi connectivity index (χ2v) is 6.83. The molecule has 29 heavy (non-hydrogen) atoms. The van der Waals surface area contributed by atoms with Crippen LogP contribution < -0.4 is 10.6 Å². The summed E-state index contributed by atoms with van der Waals surface area (Å²) in [4.78, 5) is 29.5. The van der Waals surface area contributed by atoms with Gasteiger partial charge in [-0.05, 0) is 48.9 Å². The molecule has 2 amide bonds. The first-order valence-electron chi connectivity index (χ1n) is 9.21. The van der Waals surface area contributed by atoms with Gasteiger partial charge in [0.15, 0.2) is 0 Å². The van der Waals surface area contributed by atoms with Crippen molar-refractivity contribution in [1.29, 1.82) is 0 Å². The summed E-state index contributed by atoms with van der Waals surface area (Å²) in [6, 6.07) is 18.5. The number of nitrogens with zero attached hydrogens (tertiary/aromatic N) is 2. The summed E-state index contributed by atoms with van der Waals surface area (Å²) < 4.78 is 1.86. The average Bonchev–Trinajstić information content (AvgIpc) is 3.07. The van der Waals surface area contributed by atoms with Crippen LogP contribution in [0.2, 0.25) is 0 Å². The fourth-order valence-electron chi connectivity index (χ4n) is 3.28. The van der Waals surface area contributed by atoms with Gasteiger partial charge in [-0.15, -0.1) is 0 Å². The third-order valence-corrected chi connectivity index (χ3v) is 4.84. The van der Waals surface area contributed by atoms with Crippen molar-refractivity contribution in [1.82, 2.24) is 9.55 Å². The highest BCUT2D eigenvalue weighted by atomic mass is 16.2. The number of amides is 2. The van der Waals surface area contributed by atoms with Gasteiger partial charge in [-0.25, -0.2) is 0 Å². The molecule has 2 heterocycles. The minimum atomic E-state index is -0.254. The third kappa shape index (κ3) is 3.73. The van der Waals surface area contributed by atoms with Crippen molar-refractivity contribution in [3.63, 3.8) is 0 Å². The number of aryl methyl sites for hydroxylation is 2. The first-order chi connectivity index (χ1) is 14.0. The van der Waals surface area contributed by atoms with Crippen molar-refractivity contribution in [2.45, 2.75) is 6.92 Å². The van der Waals surface area contributed by atoms with Crippen LogP contribution >= 0.6 is 0 Å². The predicted octanol–water partition coefficient (Wildman–Crippen LogP) is 4.39. The highest BCUT2D eigenvalue weighted by molar-refractivity contribution is 6.09. The van der Waals surface area contributed by atoms with Crippen LogP contribution in [0.5, 0.6) is 0 Å². The molecule has 0 radical (unpaired) electrons. The van der Waals surface area contributed by atoms with Gasteiger partial charge in [-0.1, -0.05) is 24.3 Å². The number of aromatic nitrogens is 2. The van der Waals surface area contributed by atoms with Crippen LogP contribution in [0, 0.1) is 6.92 Å². The van der Waals surface area contributed by atoms with Gasteiger partial charge in [0, 0.05) is 35.4 Å². The number of carbonyl (C=O) groups is 2. The molecular formula is C23H20N4O2. The predicted molar refractivity (Wildman–Crippen MR) is 114 cm³/mol. The maximum Gasteiger partial charge on any atom is 0.272 e. The molecule has 0 atom stereocenters. The molecule has 2 aromatic heterocycles. The zero-order chi connectivity index (χ0) is 20.4. The highest BCUT2D eigenvalue weighted by Crippen LogP contribution is 2.21. The van der Waals surface area contributed by atoms with Crippen LogP contribution in [-0.4, -0.2) is 21.4 Å². The minimum absolute atomic E-state index is 0.230. The van der Waals surface area contributed by atoms with E-state index in [1.807, 2.05) is 54.9 Å². The Morgan fingerprint density at radius 1 is 0.897 bits per heavy atom. The van der Waals surface area contributed by atoms with Crippen LogP contribution in [0.3, 0.4) is 0 Å². The largest absolute Gasteiger partial charge is 0.340 e. The molecule has 0 bridgehead atoms. The van der Waals surface area contributed by atoms with Crippen molar-refractivity contribution in [3.05, 3.63) is 89.9 Å². The van der Waals surface area contributed by atoms with Gasteiger partial charge in [0.05, 0.1) is 11.9 Å². The van der Waals surface area contributed by atoms with E-state index in [1.54, 1.807) is 36.7 Å². The number of para-hydroxylation sites is 1. The van der Waals surface area contributed by atoms with Gasteiger partial charge in [0.1, 0.15) is 5.69 Å². The van der Waals surface area contributed by atoms with Crippen LogP contribution in [-0.2, 0) is 7.05 Å². The maximum atomic E-state index is 12.8. The SMILES string of the molecule is Cc1ccc(NC(=O)c2cc3ccccc3n2C)cc1C(=O)Nc1cccnc1. The van der Waals surface area contributed by atoms with Crippen LogP contribution in [0.1, 0.15) is 26.4 Å². The molecule has 2 aromatic carbocycles. The Hall–Kier alpha value is -3.93. The van der Waals surface area contributed by atoms with E-state index in [4.69, 9.17) is 0 Å². The van der Waals surface area contributed by atoms with Crippen molar-refractivity contribution in [2.75, 3.05) is 10.6 Å². The van der Waals surface area contributed by atoms with E-state index >= 15 is 0 Å². The molecule has 2 N–H and O–H groups in total. The fourth-order valence-corrected chi connectivity index (χ4v) is 3.28. The Bertz CT molecular complexity index is 1210. The lowest BCUT2D eigenvalue weighted by Gasteiger charge is -2.11. The number of anilines is 2. The molecule has 4 rings (SSSR count). The second kappa shape index (κ2) is 7.59. The highest BCUT2D eigenvalue weighted by Gasteiger charge is 2.15. The lowest BCUT2D eigenvalue weighted by Crippen LogP contribution is -2.17. The zero-order valence-corrected chi connectivity index (χ0v) is 16.1. The second-order valence-electron chi connectivity index (χ2n) is 6.83. The monoisotopic (exact) mass is 384 g/mol. The molecule has 0 spiro atoms. The Morgan fingerprint density at radius 2 is 1.69 bits per heavy atom. The number of benzene rings is 2. The summed E-state index contributed by atoms with van der Waals surface area (Å²) in [5.74, 6) is -0.484. The summed E-state index contributed by atoms with van der Waals surface area (Å²) in [5.41, 5.74) is 4.01. The van der Waals surface area contributed by atoms with Gasteiger partial charge >= 0.3 is 0 Å². The van der Waals surface area contributed by atoms with Gasteiger partial charge in [-0.2, -0.15) is 0 Å². The molecule has 6 heteroatoms. The van der Waals surface area contributed by atoms with E-state index in [0.717, 1.165) is 16.5 Å². The van der Waals surface area contributed by atoms with Crippen molar-refractivity contribution in [2.24, 2.45) is 7.05 Å². The molecule has 0 fully saturated rings. The molecule has 0 aliphatic rings. The average molecular weight is 384 g/mol. The Labute approximate surface area is 168 Å². The van der Waals surface area contributed by atoms with Gasteiger partial charge in [0.25, 0.3) is 11.8 Å². The number of rotatable bonds is 4. The van der Waals surface area contributed by atoms with E-state index in [1.165, 1.54) is 0 Å². The van der Waals surface area contributed by atoms with Gasteiger partial charge in [-0.3, -0.25) is 14.6 Å². The Balaban J connectivity index is 1.57. The van der Waals surface area contributed by atoms with E-state index in [2.05, 4.69) is 15.6 Å². The quantitative estimate of drug-likeness (QED) is 0.548. The van der Waals surface area contributed by atoms with Crippen LogP contribution in [0.4, 0.5) is 11.4 Å². The molecule has 6 nitrogen and oxygen atoms in total. The summed E-state index contributed by atoms with van der Waals surface area (Å²) in [6.45, 7) is 1.85. The standard InChI is InChI=1S/C23H20N4O2/c1-15-9-10-17(13-19(15)22(28)26-18-7-5-11-24-14-18)25-23(29)21-12-16-6-3-4-8-20(16)27(21)2/h3-14H,1-2H3,(H,25,29)(H,26,28). The van der Waals surface area contributed by atoms with E-state index < -0.39 is 0 Å². The lowest BCUT2D eigenvalue weighted by atomic mass is 10.1. The van der Waals surface area contributed by atoms with E-state index in [0.29, 0.717) is 22.6 Å². The number of carbonyl (C=O) groups excluding carboxylic acids is 2. The van der Waals surface area contributed by atoms with Crippen molar-refractivity contribution >= 4 is 34.1 Å². The lowest BCUT2D eigenvalue weighted by molar-refractivity contribution is 0.101. The molecule has 144 valence electrons. The zero-order valence-electron chi connectivity index (χ0n) is 16.1. The molecule has 0 aliphatic heterocycles. The molecule has 4 aromatic rings. The van der Waals surface area contributed by atoms with Crippen molar-refractivity contribution < 1.29 is 9.59 Å². The number of fused-ring (bicyclic) bond motifs is 1. The summed E-state index contributed by atoms with van der Waals surface area (Å²) in [7, 11) is 1.86. The van der Waals surface area contributed by atoms with Crippen molar-refractivity contribution in [3.8, 4) is 0 Å². The first kappa shape index (κ1) is 18.4. The Kier molecular flexibility index (Phi) is 4.83. The fraction of sp³-hybridized carbons (Fsp3) is 0.0870. The Morgan fingerprint density at radius 3 is 2.45 bits per heavy atom. The van der Waals surface area contributed by atoms with E-state index in [-0.39, 0.29) is 11.8 Å². The summed E-state index contributed by atoms with van der Waals surface area (Å²) >= 11 is 0. The molecular weight excluding hydrogens is 364 g/mol. The maximum absolute atomic E-state index is 12.8.